The zero-order chi connectivity index (χ0) is 22.6. The first-order valence-corrected chi connectivity index (χ1v) is 11.9. The fourth-order valence-corrected chi connectivity index (χ4v) is 5.05. The van der Waals surface area contributed by atoms with Gasteiger partial charge in [-0.2, -0.15) is 4.31 Å². The van der Waals surface area contributed by atoms with Crippen LogP contribution < -0.4 is 9.47 Å². The fraction of sp³-hybridized carbons (Fsp3) is 0.435. The summed E-state index contributed by atoms with van der Waals surface area (Å²) in [7, 11) is -0.354. The van der Waals surface area contributed by atoms with Gasteiger partial charge in [0.15, 0.2) is 0 Å². The molecule has 0 N–H and O–H groups in total. The molecule has 0 heterocycles. The molecule has 0 atom stereocenters. The zero-order valence-corrected chi connectivity index (χ0v) is 19.3. The Balaban J connectivity index is 1.85. The lowest BCUT2D eigenvalue weighted by Crippen LogP contribution is -2.33. The van der Waals surface area contributed by atoms with Gasteiger partial charge < -0.3 is 14.4 Å². The molecule has 1 amide bonds. The van der Waals surface area contributed by atoms with Crippen molar-refractivity contribution in [1.82, 2.24) is 9.21 Å². The molecule has 31 heavy (non-hydrogen) atoms. The van der Waals surface area contributed by atoms with Crippen LogP contribution in [0.5, 0.6) is 11.5 Å². The second-order valence-corrected chi connectivity index (χ2v) is 9.39. The first-order valence-electron chi connectivity index (χ1n) is 10.5. The number of sulfonamides is 1. The van der Waals surface area contributed by atoms with Crippen molar-refractivity contribution in [3.63, 3.8) is 0 Å². The van der Waals surface area contributed by atoms with Crippen LogP contribution in [-0.2, 0) is 16.6 Å². The zero-order valence-electron chi connectivity index (χ0n) is 18.5. The molecule has 1 aliphatic carbocycles. The second kappa shape index (κ2) is 9.70. The largest absolute Gasteiger partial charge is 0.497 e. The maximum Gasteiger partial charge on any atom is 0.254 e. The number of ether oxygens (including phenoxy) is 2. The Morgan fingerprint density at radius 1 is 1.00 bits per heavy atom. The molecular formula is C23H30N2O5S. The van der Waals surface area contributed by atoms with E-state index in [0.717, 1.165) is 18.4 Å². The molecule has 168 valence electrons. The number of hydrogen-bond acceptors (Lipinski definition) is 5. The summed E-state index contributed by atoms with van der Waals surface area (Å²) < 4.78 is 37.6. The minimum absolute atomic E-state index is 0.126. The molecule has 8 heteroatoms. The summed E-state index contributed by atoms with van der Waals surface area (Å²) in [5.74, 6) is 1.27. The van der Waals surface area contributed by atoms with Crippen LogP contribution in [0.25, 0.3) is 0 Å². The normalized spacial score (nSPS) is 13.8. The number of carbonyl (C=O) groups excluding carboxylic acids is 1. The number of benzene rings is 2. The van der Waals surface area contributed by atoms with E-state index in [1.165, 1.54) is 16.4 Å². The number of carbonyl (C=O) groups is 1. The van der Waals surface area contributed by atoms with Crippen molar-refractivity contribution in [1.29, 1.82) is 0 Å². The Hall–Kier alpha value is -2.58. The molecule has 0 radical (unpaired) electrons. The van der Waals surface area contributed by atoms with Gasteiger partial charge in [0.25, 0.3) is 5.91 Å². The van der Waals surface area contributed by atoms with Crippen molar-refractivity contribution in [2.24, 2.45) is 0 Å². The highest BCUT2D eigenvalue weighted by molar-refractivity contribution is 7.89. The van der Waals surface area contributed by atoms with Gasteiger partial charge in [0.1, 0.15) is 11.5 Å². The van der Waals surface area contributed by atoms with Crippen molar-refractivity contribution >= 4 is 15.9 Å². The van der Waals surface area contributed by atoms with Gasteiger partial charge in [-0.3, -0.25) is 4.79 Å². The van der Waals surface area contributed by atoms with Crippen LogP contribution in [-0.4, -0.2) is 56.9 Å². The smallest absolute Gasteiger partial charge is 0.254 e. The van der Waals surface area contributed by atoms with Gasteiger partial charge in [0, 0.05) is 30.3 Å². The molecule has 1 saturated carbocycles. The minimum Gasteiger partial charge on any atom is -0.497 e. The topological polar surface area (TPSA) is 76.2 Å². The lowest BCUT2D eigenvalue weighted by Gasteiger charge is -2.24. The summed E-state index contributed by atoms with van der Waals surface area (Å²) >= 11 is 0. The van der Waals surface area contributed by atoms with Gasteiger partial charge in [-0.15, -0.1) is 0 Å². The minimum atomic E-state index is -3.56. The van der Waals surface area contributed by atoms with Crippen molar-refractivity contribution in [3.05, 3.63) is 53.6 Å². The molecule has 0 saturated heterocycles. The van der Waals surface area contributed by atoms with Crippen LogP contribution in [0, 0.1) is 0 Å². The predicted octanol–water partition coefficient (Wildman–Crippen LogP) is 3.54. The summed E-state index contributed by atoms with van der Waals surface area (Å²) in [4.78, 5) is 15.3. The number of nitrogens with zero attached hydrogens (tertiary/aromatic N) is 2. The Morgan fingerprint density at radius 2 is 1.65 bits per heavy atom. The van der Waals surface area contributed by atoms with Crippen molar-refractivity contribution in [2.75, 3.05) is 27.3 Å². The molecule has 0 aromatic heterocycles. The van der Waals surface area contributed by atoms with E-state index in [4.69, 9.17) is 9.47 Å². The maximum atomic E-state index is 13.3. The van der Waals surface area contributed by atoms with Gasteiger partial charge >= 0.3 is 0 Å². The van der Waals surface area contributed by atoms with Crippen LogP contribution >= 0.6 is 0 Å². The van der Waals surface area contributed by atoms with E-state index in [9.17, 15) is 13.2 Å². The van der Waals surface area contributed by atoms with E-state index in [1.54, 1.807) is 40.2 Å². The highest BCUT2D eigenvalue weighted by atomic mass is 32.2. The molecule has 0 unspecified atom stereocenters. The summed E-state index contributed by atoms with van der Waals surface area (Å²) in [6.45, 7) is 4.80. The van der Waals surface area contributed by atoms with Gasteiger partial charge in [-0.1, -0.05) is 13.8 Å². The van der Waals surface area contributed by atoms with E-state index >= 15 is 0 Å². The Bertz CT molecular complexity index is 1010. The first kappa shape index (κ1) is 23.1. The average Bonchev–Trinajstić information content (AvgIpc) is 3.62. The van der Waals surface area contributed by atoms with Gasteiger partial charge in [-0.25, -0.2) is 8.42 Å². The van der Waals surface area contributed by atoms with Crippen LogP contribution in [0.15, 0.2) is 47.4 Å². The molecule has 3 rings (SSSR count). The second-order valence-electron chi connectivity index (χ2n) is 7.46. The maximum absolute atomic E-state index is 13.3. The molecule has 0 bridgehead atoms. The third kappa shape index (κ3) is 5.02. The SMILES string of the molecule is CCN(CC)S(=O)(=O)c1ccc(C(=O)N(Cc2cc(OC)ccc2OC)C2CC2)cc1. The first-order chi connectivity index (χ1) is 14.8. The number of amides is 1. The van der Waals surface area contributed by atoms with E-state index in [0.29, 0.717) is 36.7 Å². The highest BCUT2D eigenvalue weighted by Crippen LogP contribution is 2.33. The van der Waals surface area contributed by atoms with E-state index in [2.05, 4.69) is 0 Å². The van der Waals surface area contributed by atoms with E-state index < -0.39 is 10.0 Å². The molecular weight excluding hydrogens is 416 g/mol. The molecule has 1 fully saturated rings. The quantitative estimate of drug-likeness (QED) is 0.558. The number of methoxy groups -OCH3 is 2. The number of hydrogen-bond donors (Lipinski definition) is 0. The van der Waals surface area contributed by atoms with Gasteiger partial charge in [-0.05, 0) is 55.3 Å². The third-order valence-corrected chi connectivity index (χ3v) is 7.59. The molecule has 0 spiro atoms. The van der Waals surface area contributed by atoms with E-state index in [1.807, 2.05) is 23.1 Å². The highest BCUT2D eigenvalue weighted by Gasteiger charge is 2.34. The van der Waals surface area contributed by atoms with Gasteiger partial charge in [0.2, 0.25) is 10.0 Å². The summed E-state index contributed by atoms with van der Waals surface area (Å²) in [6, 6.07) is 11.9. The van der Waals surface area contributed by atoms with Crippen molar-refractivity contribution in [3.8, 4) is 11.5 Å². The van der Waals surface area contributed by atoms with Crippen LogP contribution in [0.3, 0.4) is 0 Å². The molecule has 2 aromatic carbocycles. The molecule has 1 aliphatic rings. The molecule has 2 aromatic rings. The fourth-order valence-electron chi connectivity index (χ4n) is 3.59. The van der Waals surface area contributed by atoms with Crippen molar-refractivity contribution in [2.45, 2.75) is 44.2 Å². The third-order valence-electron chi connectivity index (χ3n) is 5.52. The molecule has 0 aliphatic heterocycles. The lowest BCUT2D eigenvalue weighted by atomic mass is 10.1. The standard InChI is InChI=1S/C23H30N2O5S/c1-5-24(6-2)31(27,28)21-12-7-17(8-13-21)23(26)25(19-9-10-19)16-18-15-20(29-3)11-14-22(18)30-4/h7-8,11-15,19H,5-6,9-10,16H2,1-4H3. The van der Waals surface area contributed by atoms with Gasteiger partial charge in [0.05, 0.1) is 25.7 Å². The molecule has 7 nitrogen and oxygen atoms in total. The summed E-state index contributed by atoms with van der Waals surface area (Å²) in [5.41, 5.74) is 1.33. The van der Waals surface area contributed by atoms with Crippen molar-refractivity contribution < 1.29 is 22.7 Å². The number of rotatable bonds is 10. The summed E-state index contributed by atoms with van der Waals surface area (Å²) in [6.07, 6.45) is 1.90. The Morgan fingerprint density at radius 3 is 2.16 bits per heavy atom. The predicted molar refractivity (Wildman–Crippen MR) is 119 cm³/mol. The van der Waals surface area contributed by atoms with Crippen LogP contribution in [0.4, 0.5) is 0 Å². The Kier molecular flexibility index (Phi) is 7.23. The lowest BCUT2D eigenvalue weighted by molar-refractivity contribution is 0.0728. The monoisotopic (exact) mass is 446 g/mol. The van der Waals surface area contributed by atoms with E-state index in [-0.39, 0.29) is 16.8 Å². The van der Waals surface area contributed by atoms with Crippen LogP contribution in [0.2, 0.25) is 0 Å². The summed E-state index contributed by atoms with van der Waals surface area (Å²) in [5, 5.41) is 0. The average molecular weight is 447 g/mol. The van der Waals surface area contributed by atoms with Crippen LogP contribution in [0.1, 0.15) is 42.6 Å². The Labute approximate surface area is 184 Å².